The van der Waals surface area contributed by atoms with Crippen molar-refractivity contribution in [3.63, 3.8) is 0 Å². The van der Waals surface area contributed by atoms with Gasteiger partial charge in [0.15, 0.2) is 0 Å². The highest BCUT2D eigenvalue weighted by Crippen LogP contribution is 2.15. The van der Waals surface area contributed by atoms with Crippen LogP contribution in [-0.4, -0.2) is 61.3 Å². The SMILES string of the molecule is Cc1nc(CN2CCN(C(=O)[C@H](C)NS(=O)(=O)c3ccc(Cl)cc3)CC2)cs1. The summed E-state index contributed by atoms with van der Waals surface area (Å²) in [6, 6.07) is 5.01. The molecule has 7 nitrogen and oxygen atoms in total. The van der Waals surface area contributed by atoms with Gasteiger partial charge < -0.3 is 4.90 Å². The van der Waals surface area contributed by atoms with Gasteiger partial charge >= 0.3 is 0 Å². The first-order valence-corrected chi connectivity index (χ1v) is 11.7. The lowest BCUT2D eigenvalue weighted by Gasteiger charge is -2.35. The Hall–Kier alpha value is -1.52. The van der Waals surface area contributed by atoms with Crippen LogP contribution in [-0.2, 0) is 21.4 Å². The average molecular weight is 443 g/mol. The summed E-state index contributed by atoms with van der Waals surface area (Å²) in [4.78, 5) is 21.2. The number of rotatable bonds is 6. The van der Waals surface area contributed by atoms with E-state index in [0.717, 1.165) is 30.3 Å². The summed E-state index contributed by atoms with van der Waals surface area (Å²) in [5.41, 5.74) is 1.05. The Balaban J connectivity index is 1.53. The van der Waals surface area contributed by atoms with Gasteiger partial charge in [-0.15, -0.1) is 11.3 Å². The second-order valence-electron chi connectivity index (χ2n) is 6.76. The normalized spacial score (nSPS) is 16.9. The molecule has 152 valence electrons. The number of halogens is 1. The average Bonchev–Trinajstić information content (AvgIpc) is 3.06. The van der Waals surface area contributed by atoms with Gasteiger partial charge in [-0.1, -0.05) is 11.6 Å². The number of nitrogens with zero attached hydrogens (tertiary/aromatic N) is 3. The molecule has 2 aromatic rings. The van der Waals surface area contributed by atoms with Crippen molar-refractivity contribution in [1.29, 1.82) is 0 Å². The largest absolute Gasteiger partial charge is 0.339 e. The third-order valence-corrected chi connectivity index (χ3v) is 7.19. The van der Waals surface area contributed by atoms with Crippen molar-refractivity contribution >= 4 is 38.9 Å². The molecule has 10 heteroatoms. The van der Waals surface area contributed by atoms with Crippen LogP contribution in [0, 0.1) is 6.92 Å². The monoisotopic (exact) mass is 442 g/mol. The van der Waals surface area contributed by atoms with E-state index in [0.29, 0.717) is 18.1 Å². The second-order valence-corrected chi connectivity index (χ2v) is 9.97. The van der Waals surface area contributed by atoms with Crippen LogP contribution in [0.2, 0.25) is 5.02 Å². The number of piperazine rings is 1. The highest BCUT2D eigenvalue weighted by Gasteiger charge is 2.28. The zero-order valence-electron chi connectivity index (χ0n) is 15.8. The van der Waals surface area contributed by atoms with E-state index in [9.17, 15) is 13.2 Å². The third kappa shape index (κ3) is 5.30. The molecule has 2 heterocycles. The molecule has 0 bridgehead atoms. The number of nitrogens with one attached hydrogen (secondary N) is 1. The summed E-state index contributed by atoms with van der Waals surface area (Å²) in [7, 11) is -3.78. The topological polar surface area (TPSA) is 82.6 Å². The molecule has 1 fully saturated rings. The van der Waals surface area contributed by atoms with Crippen LogP contribution in [0.5, 0.6) is 0 Å². The maximum absolute atomic E-state index is 12.7. The molecule has 1 aliphatic heterocycles. The van der Waals surface area contributed by atoms with E-state index in [-0.39, 0.29) is 10.8 Å². The van der Waals surface area contributed by atoms with E-state index < -0.39 is 16.1 Å². The molecule has 0 unspecified atom stereocenters. The quantitative estimate of drug-likeness (QED) is 0.740. The van der Waals surface area contributed by atoms with Gasteiger partial charge in [-0.2, -0.15) is 4.72 Å². The van der Waals surface area contributed by atoms with Gasteiger partial charge in [-0.25, -0.2) is 13.4 Å². The summed E-state index contributed by atoms with van der Waals surface area (Å²) < 4.78 is 27.4. The molecule has 1 N–H and O–H groups in total. The van der Waals surface area contributed by atoms with Crippen LogP contribution in [0.1, 0.15) is 17.6 Å². The predicted octanol–water partition coefficient (Wildman–Crippen LogP) is 2.12. The highest BCUT2D eigenvalue weighted by molar-refractivity contribution is 7.89. The number of amides is 1. The molecular weight excluding hydrogens is 420 g/mol. The number of sulfonamides is 1. The lowest BCUT2D eigenvalue weighted by Crippen LogP contribution is -2.53. The fourth-order valence-corrected chi connectivity index (χ4v) is 5.00. The first-order valence-electron chi connectivity index (χ1n) is 8.94. The number of thiazole rings is 1. The van der Waals surface area contributed by atoms with E-state index >= 15 is 0 Å². The van der Waals surface area contributed by atoms with Gasteiger partial charge in [0.2, 0.25) is 15.9 Å². The van der Waals surface area contributed by atoms with Gasteiger partial charge in [-0.3, -0.25) is 9.69 Å². The molecule has 28 heavy (non-hydrogen) atoms. The van der Waals surface area contributed by atoms with E-state index in [1.54, 1.807) is 23.2 Å². The van der Waals surface area contributed by atoms with Gasteiger partial charge in [0.25, 0.3) is 0 Å². The Labute approximate surface area is 174 Å². The van der Waals surface area contributed by atoms with Crippen molar-refractivity contribution in [3.05, 3.63) is 45.4 Å². The minimum absolute atomic E-state index is 0.0833. The van der Waals surface area contributed by atoms with E-state index in [1.807, 2.05) is 6.92 Å². The van der Waals surface area contributed by atoms with Crippen LogP contribution in [0.4, 0.5) is 0 Å². The zero-order valence-corrected chi connectivity index (χ0v) is 18.1. The lowest BCUT2D eigenvalue weighted by molar-refractivity contribution is -0.134. The minimum atomic E-state index is -3.78. The van der Waals surface area contributed by atoms with Crippen molar-refractivity contribution < 1.29 is 13.2 Å². The summed E-state index contributed by atoms with van der Waals surface area (Å²) >= 11 is 7.43. The first kappa shape index (κ1) is 21.2. The van der Waals surface area contributed by atoms with Gasteiger partial charge in [0.1, 0.15) is 0 Å². The molecule has 0 spiro atoms. The number of carbonyl (C=O) groups is 1. The molecule has 1 aliphatic rings. The Morgan fingerprint density at radius 3 is 2.46 bits per heavy atom. The molecule has 1 atom stereocenters. The number of hydrogen-bond acceptors (Lipinski definition) is 6. The van der Waals surface area contributed by atoms with E-state index in [2.05, 4.69) is 20.0 Å². The molecule has 0 radical (unpaired) electrons. The van der Waals surface area contributed by atoms with Crippen LogP contribution in [0.25, 0.3) is 0 Å². The fourth-order valence-electron chi connectivity index (χ4n) is 3.08. The Bertz CT molecular complexity index is 923. The Kier molecular flexibility index (Phi) is 6.72. The van der Waals surface area contributed by atoms with Crippen LogP contribution < -0.4 is 4.72 Å². The Morgan fingerprint density at radius 2 is 1.89 bits per heavy atom. The molecule has 3 rings (SSSR count). The molecule has 1 aromatic heterocycles. The van der Waals surface area contributed by atoms with Crippen molar-refractivity contribution in [3.8, 4) is 0 Å². The van der Waals surface area contributed by atoms with Crippen molar-refractivity contribution in [2.75, 3.05) is 26.2 Å². The number of aryl methyl sites for hydroxylation is 1. The molecule has 1 saturated heterocycles. The predicted molar refractivity (Wildman–Crippen MR) is 110 cm³/mol. The van der Waals surface area contributed by atoms with Crippen LogP contribution in [0.15, 0.2) is 34.5 Å². The van der Waals surface area contributed by atoms with Crippen LogP contribution in [0.3, 0.4) is 0 Å². The second kappa shape index (κ2) is 8.87. The molecule has 0 saturated carbocycles. The fraction of sp³-hybridized carbons (Fsp3) is 0.444. The van der Waals surface area contributed by atoms with E-state index in [4.69, 9.17) is 11.6 Å². The molecular formula is C18H23ClN4O3S2. The smallest absolute Gasteiger partial charge is 0.241 e. The summed E-state index contributed by atoms with van der Waals surface area (Å²) in [6.45, 7) is 6.92. The minimum Gasteiger partial charge on any atom is -0.339 e. The zero-order chi connectivity index (χ0) is 20.3. The lowest BCUT2D eigenvalue weighted by atomic mass is 10.2. The maximum atomic E-state index is 12.7. The van der Waals surface area contributed by atoms with Crippen molar-refractivity contribution in [2.45, 2.75) is 31.3 Å². The molecule has 1 amide bonds. The summed E-state index contributed by atoms with van der Waals surface area (Å²) in [5, 5.41) is 3.56. The van der Waals surface area contributed by atoms with Gasteiger partial charge in [0.05, 0.1) is 21.6 Å². The number of benzene rings is 1. The number of hydrogen-bond donors (Lipinski definition) is 1. The standard InChI is InChI=1S/C18H23ClN4O3S2/c1-13(21-28(25,26)17-5-3-15(19)4-6-17)18(24)23-9-7-22(8-10-23)11-16-12-27-14(2)20-16/h3-6,12-13,21H,7-11H2,1-2H3/t13-/m0/s1. The van der Waals surface area contributed by atoms with E-state index in [1.165, 1.54) is 24.3 Å². The summed E-state index contributed by atoms with van der Waals surface area (Å²) in [6.07, 6.45) is 0. The van der Waals surface area contributed by atoms with Gasteiger partial charge in [-0.05, 0) is 38.1 Å². The van der Waals surface area contributed by atoms with Gasteiger partial charge in [0, 0.05) is 43.1 Å². The number of aromatic nitrogens is 1. The number of carbonyl (C=O) groups excluding carboxylic acids is 1. The van der Waals surface area contributed by atoms with Crippen LogP contribution >= 0.6 is 22.9 Å². The van der Waals surface area contributed by atoms with Crippen molar-refractivity contribution in [1.82, 2.24) is 19.5 Å². The third-order valence-electron chi connectivity index (χ3n) is 4.56. The highest BCUT2D eigenvalue weighted by atomic mass is 35.5. The maximum Gasteiger partial charge on any atom is 0.241 e. The molecule has 1 aromatic carbocycles. The first-order chi connectivity index (χ1) is 13.2. The summed E-state index contributed by atoms with van der Waals surface area (Å²) in [5.74, 6) is -0.221. The molecule has 0 aliphatic carbocycles. The Morgan fingerprint density at radius 1 is 1.25 bits per heavy atom. The van der Waals surface area contributed by atoms with Crippen molar-refractivity contribution in [2.24, 2.45) is 0 Å².